The Kier molecular flexibility index (Phi) is 5.26. The van der Waals surface area contributed by atoms with Gasteiger partial charge in [-0.3, -0.25) is 0 Å². The van der Waals surface area contributed by atoms with Crippen molar-refractivity contribution in [3.05, 3.63) is 22.2 Å². The van der Waals surface area contributed by atoms with E-state index in [9.17, 15) is 0 Å². The molecule has 0 atom stereocenters. The van der Waals surface area contributed by atoms with Crippen LogP contribution in [0.2, 0.25) is 0 Å². The first-order valence-electron chi connectivity index (χ1n) is 4.86. The van der Waals surface area contributed by atoms with E-state index in [4.69, 9.17) is 21.1 Å². The van der Waals surface area contributed by atoms with Gasteiger partial charge in [0.1, 0.15) is 0 Å². The summed E-state index contributed by atoms with van der Waals surface area (Å²) in [6.07, 6.45) is 0. The van der Waals surface area contributed by atoms with Crippen LogP contribution in [-0.2, 0) is 5.88 Å². The van der Waals surface area contributed by atoms with Gasteiger partial charge in [-0.25, -0.2) is 0 Å². The van der Waals surface area contributed by atoms with Crippen LogP contribution in [0.4, 0.5) is 0 Å². The second-order valence-corrected chi connectivity index (χ2v) is 4.01. The highest BCUT2D eigenvalue weighted by molar-refractivity contribution is 9.10. The lowest BCUT2D eigenvalue weighted by molar-refractivity contribution is 0.287. The standard InChI is InChI=1S/C11H14BrClO2/c1-3-14-10-5-8(7-13)9(12)6-11(10)15-4-2/h5-6H,3-4,7H2,1-2H3. The van der Waals surface area contributed by atoms with Gasteiger partial charge in [-0.15, -0.1) is 11.6 Å². The Morgan fingerprint density at radius 1 is 1.13 bits per heavy atom. The lowest BCUT2D eigenvalue weighted by Crippen LogP contribution is -1.99. The molecule has 0 aliphatic heterocycles. The predicted octanol–water partition coefficient (Wildman–Crippen LogP) is 3.99. The Morgan fingerprint density at radius 2 is 1.67 bits per heavy atom. The van der Waals surface area contributed by atoms with Gasteiger partial charge in [-0.05, 0) is 31.5 Å². The quantitative estimate of drug-likeness (QED) is 0.764. The summed E-state index contributed by atoms with van der Waals surface area (Å²) >= 11 is 9.25. The summed E-state index contributed by atoms with van der Waals surface area (Å²) < 4.78 is 11.9. The molecule has 0 radical (unpaired) electrons. The Balaban J connectivity index is 3.07. The van der Waals surface area contributed by atoms with E-state index >= 15 is 0 Å². The molecule has 0 spiro atoms. The number of ether oxygens (including phenoxy) is 2. The minimum Gasteiger partial charge on any atom is -0.490 e. The van der Waals surface area contributed by atoms with Gasteiger partial charge in [-0.1, -0.05) is 15.9 Å². The van der Waals surface area contributed by atoms with E-state index in [1.165, 1.54) is 0 Å². The third-order valence-electron chi connectivity index (χ3n) is 1.86. The minimum atomic E-state index is 0.451. The van der Waals surface area contributed by atoms with Crippen LogP contribution in [0.1, 0.15) is 19.4 Å². The van der Waals surface area contributed by atoms with E-state index in [-0.39, 0.29) is 0 Å². The Hall–Kier alpha value is -0.410. The zero-order valence-electron chi connectivity index (χ0n) is 8.85. The molecule has 1 aromatic carbocycles. The molecule has 2 nitrogen and oxygen atoms in total. The summed E-state index contributed by atoms with van der Waals surface area (Å²) in [5, 5.41) is 0. The predicted molar refractivity (Wildman–Crippen MR) is 66.0 cm³/mol. The number of alkyl halides is 1. The van der Waals surface area contributed by atoms with Crippen molar-refractivity contribution in [1.82, 2.24) is 0 Å². The molecule has 0 aromatic heterocycles. The molecule has 1 rings (SSSR count). The molecule has 84 valence electrons. The highest BCUT2D eigenvalue weighted by Gasteiger charge is 2.09. The number of benzene rings is 1. The van der Waals surface area contributed by atoms with E-state index in [1.54, 1.807) is 0 Å². The van der Waals surface area contributed by atoms with Crippen molar-refractivity contribution in [2.24, 2.45) is 0 Å². The van der Waals surface area contributed by atoms with E-state index < -0.39 is 0 Å². The minimum absolute atomic E-state index is 0.451. The van der Waals surface area contributed by atoms with Crippen LogP contribution in [0.3, 0.4) is 0 Å². The Morgan fingerprint density at radius 3 is 2.13 bits per heavy atom. The zero-order valence-corrected chi connectivity index (χ0v) is 11.2. The molecule has 0 aliphatic rings. The topological polar surface area (TPSA) is 18.5 Å². The van der Waals surface area contributed by atoms with Crippen LogP contribution >= 0.6 is 27.5 Å². The molecule has 15 heavy (non-hydrogen) atoms. The lowest BCUT2D eigenvalue weighted by Gasteiger charge is -2.13. The third-order valence-corrected chi connectivity index (χ3v) is 2.88. The fourth-order valence-electron chi connectivity index (χ4n) is 1.22. The van der Waals surface area contributed by atoms with Gasteiger partial charge < -0.3 is 9.47 Å². The maximum absolute atomic E-state index is 5.81. The number of hydrogen-bond donors (Lipinski definition) is 0. The molecule has 0 N–H and O–H groups in total. The number of hydrogen-bond acceptors (Lipinski definition) is 2. The van der Waals surface area contributed by atoms with Gasteiger partial charge in [0.2, 0.25) is 0 Å². The lowest BCUT2D eigenvalue weighted by atomic mass is 10.2. The van der Waals surface area contributed by atoms with Crippen LogP contribution in [0.5, 0.6) is 11.5 Å². The largest absolute Gasteiger partial charge is 0.490 e. The smallest absolute Gasteiger partial charge is 0.162 e. The van der Waals surface area contributed by atoms with Gasteiger partial charge >= 0.3 is 0 Å². The van der Waals surface area contributed by atoms with Crippen LogP contribution in [0.25, 0.3) is 0 Å². The van der Waals surface area contributed by atoms with Crippen molar-refractivity contribution in [2.45, 2.75) is 19.7 Å². The maximum atomic E-state index is 5.81. The first-order chi connectivity index (χ1) is 7.22. The molecule has 1 aromatic rings. The number of halogens is 2. The molecule has 0 fully saturated rings. The third kappa shape index (κ3) is 3.28. The summed E-state index contributed by atoms with van der Waals surface area (Å²) in [5.74, 6) is 1.95. The molecule has 0 saturated carbocycles. The van der Waals surface area contributed by atoms with Gasteiger partial charge in [-0.2, -0.15) is 0 Å². The molecule has 0 saturated heterocycles. The maximum Gasteiger partial charge on any atom is 0.162 e. The van der Waals surface area contributed by atoms with Gasteiger partial charge in [0.15, 0.2) is 11.5 Å². The Bertz CT molecular complexity index is 329. The summed E-state index contributed by atoms with van der Waals surface area (Å²) in [4.78, 5) is 0. The van der Waals surface area contributed by atoms with Crippen molar-refractivity contribution in [1.29, 1.82) is 0 Å². The second-order valence-electron chi connectivity index (χ2n) is 2.89. The first-order valence-corrected chi connectivity index (χ1v) is 6.19. The SMILES string of the molecule is CCOc1cc(Br)c(CCl)cc1OCC. The van der Waals surface area contributed by atoms with Gasteiger partial charge in [0, 0.05) is 10.4 Å². The Labute approximate surface area is 104 Å². The molecule has 4 heteroatoms. The highest BCUT2D eigenvalue weighted by Crippen LogP contribution is 2.34. The van der Waals surface area contributed by atoms with Crippen molar-refractivity contribution in [3.63, 3.8) is 0 Å². The summed E-state index contributed by atoms with van der Waals surface area (Å²) in [6, 6.07) is 3.80. The number of rotatable bonds is 5. The summed E-state index contributed by atoms with van der Waals surface area (Å²) in [6.45, 7) is 5.12. The normalized spacial score (nSPS) is 10.1. The van der Waals surface area contributed by atoms with Crippen LogP contribution < -0.4 is 9.47 Å². The van der Waals surface area contributed by atoms with Crippen LogP contribution in [0.15, 0.2) is 16.6 Å². The average molecular weight is 294 g/mol. The van der Waals surface area contributed by atoms with E-state index in [2.05, 4.69) is 15.9 Å². The molecule has 0 unspecified atom stereocenters. The fourth-order valence-corrected chi connectivity index (χ4v) is 2.06. The molecule has 0 amide bonds. The molecule has 0 aliphatic carbocycles. The molecular weight excluding hydrogens is 279 g/mol. The van der Waals surface area contributed by atoms with E-state index in [0.717, 1.165) is 21.5 Å². The van der Waals surface area contributed by atoms with Crippen molar-refractivity contribution >= 4 is 27.5 Å². The first kappa shape index (κ1) is 12.7. The summed E-state index contributed by atoms with van der Waals surface area (Å²) in [5.41, 5.74) is 1.00. The highest BCUT2D eigenvalue weighted by atomic mass is 79.9. The van der Waals surface area contributed by atoms with Crippen molar-refractivity contribution in [2.75, 3.05) is 13.2 Å². The molecule has 0 bridgehead atoms. The van der Waals surface area contributed by atoms with Crippen LogP contribution in [-0.4, -0.2) is 13.2 Å². The summed E-state index contributed by atoms with van der Waals surface area (Å²) in [7, 11) is 0. The average Bonchev–Trinajstić information content (AvgIpc) is 2.22. The molecular formula is C11H14BrClO2. The van der Waals surface area contributed by atoms with Crippen molar-refractivity contribution in [3.8, 4) is 11.5 Å². The van der Waals surface area contributed by atoms with E-state index in [0.29, 0.717) is 19.1 Å². The molecule has 0 heterocycles. The van der Waals surface area contributed by atoms with Crippen LogP contribution in [0, 0.1) is 0 Å². The van der Waals surface area contributed by atoms with E-state index in [1.807, 2.05) is 26.0 Å². The zero-order chi connectivity index (χ0) is 11.3. The van der Waals surface area contributed by atoms with Crippen molar-refractivity contribution < 1.29 is 9.47 Å². The fraction of sp³-hybridized carbons (Fsp3) is 0.455. The second kappa shape index (κ2) is 6.23. The van der Waals surface area contributed by atoms with Gasteiger partial charge in [0.05, 0.1) is 13.2 Å². The van der Waals surface area contributed by atoms with Gasteiger partial charge in [0.25, 0.3) is 0 Å². The monoisotopic (exact) mass is 292 g/mol.